The molecule has 0 heterocycles. The Morgan fingerprint density at radius 2 is 1.35 bits per heavy atom. The lowest BCUT2D eigenvalue weighted by Crippen LogP contribution is -2.25. The summed E-state index contributed by atoms with van der Waals surface area (Å²) in [5.41, 5.74) is 0. The SMILES string of the molecule is CC(COC(=O)/C=C\C(=O)O)OCC(C)OC(=O)/C=C\C(=O)O. The van der Waals surface area contributed by atoms with E-state index in [2.05, 4.69) is 0 Å². The van der Waals surface area contributed by atoms with Crippen LogP contribution in [0.25, 0.3) is 0 Å². The molecule has 0 aromatic rings. The van der Waals surface area contributed by atoms with Gasteiger partial charge in [-0.3, -0.25) is 0 Å². The summed E-state index contributed by atoms with van der Waals surface area (Å²) >= 11 is 0. The molecule has 0 radical (unpaired) electrons. The third kappa shape index (κ3) is 12.8. The second-order valence-electron chi connectivity index (χ2n) is 4.36. The number of esters is 2. The van der Waals surface area contributed by atoms with Crippen LogP contribution in [0, 0.1) is 0 Å². The Hall–Kier alpha value is -2.68. The summed E-state index contributed by atoms with van der Waals surface area (Å²) < 4.78 is 14.8. The molecule has 9 nitrogen and oxygen atoms in total. The Morgan fingerprint density at radius 3 is 1.87 bits per heavy atom. The molecule has 23 heavy (non-hydrogen) atoms. The third-order valence-electron chi connectivity index (χ3n) is 2.12. The highest BCUT2D eigenvalue weighted by molar-refractivity contribution is 5.91. The van der Waals surface area contributed by atoms with Crippen molar-refractivity contribution in [3.63, 3.8) is 0 Å². The van der Waals surface area contributed by atoms with Gasteiger partial charge in [0, 0.05) is 24.3 Å². The number of carbonyl (C=O) groups excluding carboxylic acids is 2. The van der Waals surface area contributed by atoms with Crippen molar-refractivity contribution in [2.75, 3.05) is 13.2 Å². The average molecular weight is 330 g/mol. The second kappa shape index (κ2) is 11.0. The molecule has 0 rings (SSSR count). The first-order valence-electron chi connectivity index (χ1n) is 6.51. The van der Waals surface area contributed by atoms with E-state index in [0.717, 1.165) is 12.2 Å². The van der Waals surface area contributed by atoms with E-state index in [4.69, 9.17) is 24.4 Å². The van der Waals surface area contributed by atoms with Crippen LogP contribution in [0.5, 0.6) is 0 Å². The van der Waals surface area contributed by atoms with E-state index >= 15 is 0 Å². The van der Waals surface area contributed by atoms with Crippen molar-refractivity contribution in [3.05, 3.63) is 24.3 Å². The topological polar surface area (TPSA) is 136 Å². The smallest absolute Gasteiger partial charge is 0.331 e. The molecule has 128 valence electrons. The Kier molecular flexibility index (Phi) is 9.69. The monoisotopic (exact) mass is 330 g/mol. The Labute approximate surface area is 132 Å². The van der Waals surface area contributed by atoms with E-state index in [9.17, 15) is 19.2 Å². The zero-order valence-electron chi connectivity index (χ0n) is 12.6. The molecule has 0 saturated carbocycles. The summed E-state index contributed by atoms with van der Waals surface area (Å²) in [7, 11) is 0. The summed E-state index contributed by atoms with van der Waals surface area (Å²) in [4.78, 5) is 42.7. The Balaban J connectivity index is 3.98. The van der Waals surface area contributed by atoms with Crippen LogP contribution in [0.3, 0.4) is 0 Å². The van der Waals surface area contributed by atoms with Gasteiger partial charge in [-0.1, -0.05) is 0 Å². The number of rotatable bonds is 10. The lowest BCUT2D eigenvalue weighted by atomic mass is 10.4. The zero-order chi connectivity index (χ0) is 17.8. The number of carboxylic acids is 2. The lowest BCUT2D eigenvalue weighted by Gasteiger charge is -2.16. The molecular formula is C14H18O9. The van der Waals surface area contributed by atoms with Gasteiger partial charge < -0.3 is 24.4 Å². The highest BCUT2D eigenvalue weighted by Gasteiger charge is 2.11. The van der Waals surface area contributed by atoms with Gasteiger partial charge >= 0.3 is 23.9 Å². The summed E-state index contributed by atoms with van der Waals surface area (Å²) in [5, 5.41) is 16.7. The predicted molar refractivity (Wildman–Crippen MR) is 75.5 cm³/mol. The third-order valence-corrected chi connectivity index (χ3v) is 2.12. The molecule has 0 spiro atoms. The molecule has 0 saturated heterocycles. The van der Waals surface area contributed by atoms with Gasteiger partial charge in [-0.05, 0) is 13.8 Å². The normalized spacial score (nSPS) is 13.7. The number of aliphatic carboxylic acids is 2. The summed E-state index contributed by atoms with van der Waals surface area (Å²) in [6, 6.07) is 0. The van der Waals surface area contributed by atoms with Gasteiger partial charge in [0.1, 0.15) is 12.7 Å². The molecule has 0 aromatic carbocycles. The minimum absolute atomic E-state index is 0.0103. The van der Waals surface area contributed by atoms with Crippen LogP contribution in [0.1, 0.15) is 13.8 Å². The van der Waals surface area contributed by atoms with Gasteiger partial charge in [-0.15, -0.1) is 0 Å². The van der Waals surface area contributed by atoms with Crippen LogP contribution in [-0.4, -0.2) is 59.5 Å². The fourth-order valence-corrected chi connectivity index (χ4v) is 1.15. The van der Waals surface area contributed by atoms with E-state index in [-0.39, 0.29) is 13.2 Å². The molecule has 0 aliphatic carbocycles. The summed E-state index contributed by atoms with van der Waals surface area (Å²) in [5.74, 6) is -4.17. The van der Waals surface area contributed by atoms with E-state index in [0.29, 0.717) is 12.2 Å². The van der Waals surface area contributed by atoms with Crippen molar-refractivity contribution < 1.29 is 43.6 Å². The van der Waals surface area contributed by atoms with Crippen LogP contribution < -0.4 is 0 Å². The average Bonchev–Trinajstić information content (AvgIpc) is 2.46. The fraction of sp³-hybridized carbons (Fsp3) is 0.429. The van der Waals surface area contributed by atoms with Gasteiger partial charge in [-0.25, -0.2) is 19.2 Å². The van der Waals surface area contributed by atoms with Gasteiger partial charge in [0.2, 0.25) is 0 Å². The summed E-state index contributed by atoms with van der Waals surface area (Å²) in [6.45, 7) is 3.05. The van der Waals surface area contributed by atoms with E-state index in [1.165, 1.54) is 0 Å². The minimum Gasteiger partial charge on any atom is -0.478 e. The number of carbonyl (C=O) groups is 4. The standard InChI is InChI=1S/C14H18O9/c1-9(7-22-13(19)5-3-11(15)16)21-8-10(2)23-14(20)6-4-12(17)18/h3-6,9-10H,7-8H2,1-2H3,(H,15,16)(H,17,18)/b5-3-,6-4-. The Morgan fingerprint density at radius 1 is 0.826 bits per heavy atom. The Bertz CT molecular complexity index is 492. The quantitative estimate of drug-likeness (QED) is 0.423. The van der Waals surface area contributed by atoms with Gasteiger partial charge in [0.15, 0.2) is 0 Å². The van der Waals surface area contributed by atoms with Crippen LogP contribution in [0.15, 0.2) is 24.3 Å². The summed E-state index contributed by atoms with van der Waals surface area (Å²) in [6.07, 6.45) is 1.72. The fourth-order valence-electron chi connectivity index (χ4n) is 1.15. The molecule has 0 fully saturated rings. The number of hydrogen-bond donors (Lipinski definition) is 2. The van der Waals surface area contributed by atoms with Crippen molar-refractivity contribution in [1.82, 2.24) is 0 Å². The first-order valence-corrected chi connectivity index (χ1v) is 6.51. The molecule has 2 N–H and O–H groups in total. The number of hydrogen-bond acceptors (Lipinski definition) is 7. The lowest BCUT2D eigenvalue weighted by molar-refractivity contribution is -0.149. The molecule has 0 aliphatic heterocycles. The van der Waals surface area contributed by atoms with E-state index < -0.39 is 36.1 Å². The molecule has 9 heteroatoms. The van der Waals surface area contributed by atoms with E-state index in [1.54, 1.807) is 13.8 Å². The molecule has 0 bridgehead atoms. The van der Waals surface area contributed by atoms with Gasteiger partial charge in [0.05, 0.1) is 12.7 Å². The molecule has 0 amide bonds. The van der Waals surface area contributed by atoms with Crippen molar-refractivity contribution in [1.29, 1.82) is 0 Å². The first kappa shape index (κ1) is 20.3. The van der Waals surface area contributed by atoms with Crippen molar-refractivity contribution >= 4 is 23.9 Å². The highest BCUT2D eigenvalue weighted by atomic mass is 16.6. The molecule has 2 unspecified atom stereocenters. The highest BCUT2D eigenvalue weighted by Crippen LogP contribution is 1.99. The van der Waals surface area contributed by atoms with Gasteiger partial charge in [0.25, 0.3) is 0 Å². The van der Waals surface area contributed by atoms with Crippen LogP contribution >= 0.6 is 0 Å². The number of ether oxygens (including phenoxy) is 3. The van der Waals surface area contributed by atoms with Crippen LogP contribution in [-0.2, 0) is 33.4 Å². The van der Waals surface area contributed by atoms with Crippen LogP contribution in [0.4, 0.5) is 0 Å². The maximum Gasteiger partial charge on any atom is 0.331 e. The second-order valence-corrected chi connectivity index (χ2v) is 4.36. The number of carboxylic acid groups (broad SMARTS) is 2. The van der Waals surface area contributed by atoms with Crippen molar-refractivity contribution in [2.24, 2.45) is 0 Å². The van der Waals surface area contributed by atoms with E-state index in [1.807, 2.05) is 0 Å². The predicted octanol–water partition coefficient (Wildman–Crippen LogP) is 0.148. The van der Waals surface area contributed by atoms with Crippen molar-refractivity contribution in [2.45, 2.75) is 26.1 Å². The molecule has 0 aliphatic rings. The molecular weight excluding hydrogens is 312 g/mol. The first-order chi connectivity index (χ1) is 10.7. The zero-order valence-corrected chi connectivity index (χ0v) is 12.6. The minimum atomic E-state index is -1.27. The maximum atomic E-state index is 11.2. The maximum absolute atomic E-state index is 11.2. The molecule has 2 atom stereocenters. The van der Waals surface area contributed by atoms with Gasteiger partial charge in [-0.2, -0.15) is 0 Å². The van der Waals surface area contributed by atoms with Crippen molar-refractivity contribution in [3.8, 4) is 0 Å². The molecule has 0 aromatic heterocycles. The largest absolute Gasteiger partial charge is 0.478 e. The van der Waals surface area contributed by atoms with Crippen LogP contribution in [0.2, 0.25) is 0 Å².